The van der Waals surface area contributed by atoms with Crippen LogP contribution in [-0.4, -0.2) is 15.5 Å². The molecule has 0 atom stereocenters. The lowest BCUT2D eigenvalue weighted by molar-refractivity contribution is 0.403. The molecule has 0 saturated heterocycles. The van der Waals surface area contributed by atoms with Gasteiger partial charge in [-0.1, -0.05) is 15.9 Å². The molecule has 0 unspecified atom stereocenters. The van der Waals surface area contributed by atoms with Gasteiger partial charge in [-0.15, -0.1) is 0 Å². The number of rotatable bonds is 3. The van der Waals surface area contributed by atoms with Crippen molar-refractivity contribution in [3.8, 4) is 11.5 Å². The number of fused-ring (bicyclic) bond motifs is 1. The lowest BCUT2D eigenvalue weighted by Gasteiger charge is -2.05. The SMILES string of the molecule is O=c1cc(CCCBr)c2cc(O)c(O)cc2o1. The van der Waals surface area contributed by atoms with E-state index in [9.17, 15) is 15.0 Å². The summed E-state index contributed by atoms with van der Waals surface area (Å²) in [5.41, 5.74) is 0.649. The quantitative estimate of drug-likeness (QED) is 0.519. The van der Waals surface area contributed by atoms with Crippen molar-refractivity contribution in [1.82, 2.24) is 0 Å². The third-order valence-corrected chi connectivity index (χ3v) is 3.07. The van der Waals surface area contributed by atoms with Crippen molar-refractivity contribution in [2.45, 2.75) is 12.8 Å². The average Bonchev–Trinajstić information content (AvgIpc) is 2.28. The van der Waals surface area contributed by atoms with E-state index in [0.29, 0.717) is 11.8 Å². The van der Waals surface area contributed by atoms with Crippen molar-refractivity contribution in [3.05, 3.63) is 34.2 Å². The predicted molar refractivity (Wildman–Crippen MR) is 67.9 cm³/mol. The summed E-state index contributed by atoms with van der Waals surface area (Å²) in [6.45, 7) is 0. The molecule has 2 aromatic rings. The van der Waals surface area contributed by atoms with Gasteiger partial charge >= 0.3 is 5.63 Å². The Morgan fingerprint density at radius 3 is 2.59 bits per heavy atom. The van der Waals surface area contributed by atoms with E-state index in [2.05, 4.69) is 15.9 Å². The fourth-order valence-electron chi connectivity index (χ4n) is 1.71. The Labute approximate surface area is 106 Å². The van der Waals surface area contributed by atoms with E-state index >= 15 is 0 Å². The van der Waals surface area contributed by atoms with Gasteiger partial charge in [-0.2, -0.15) is 0 Å². The van der Waals surface area contributed by atoms with Gasteiger partial charge in [0.2, 0.25) is 0 Å². The summed E-state index contributed by atoms with van der Waals surface area (Å²) in [6.07, 6.45) is 1.58. The summed E-state index contributed by atoms with van der Waals surface area (Å²) in [4.78, 5) is 11.3. The van der Waals surface area contributed by atoms with Gasteiger partial charge in [-0.3, -0.25) is 0 Å². The molecule has 1 heterocycles. The molecule has 0 aliphatic rings. The number of hydrogen-bond acceptors (Lipinski definition) is 4. The van der Waals surface area contributed by atoms with Crippen LogP contribution in [0.2, 0.25) is 0 Å². The molecule has 2 rings (SSSR count). The Morgan fingerprint density at radius 1 is 1.18 bits per heavy atom. The van der Waals surface area contributed by atoms with Crippen LogP contribution in [-0.2, 0) is 6.42 Å². The van der Waals surface area contributed by atoms with Crippen LogP contribution in [0.3, 0.4) is 0 Å². The molecule has 0 bridgehead atoms. The molecule has 0 aliphatic carbocycles. The maximum absolute atomic E-state index is 11.3. The second-order valence-electron chi connectivity index (χ2n) is 3.72. The Hall–Kier alpha value is -1.49. The van der Waals surface area contributed by atoms with Crippen LogP contribution in [0.1, 0.15) is 12.0 Å². The van der Waals surface area contributed by atoms with Gasteiger partial charge in [-0.05, 0) is 24.5 Å². The van der Waals surface area contributed by atoms with Gasteiger partial charge < -0.3 is 14.6 Å². The van der Waals surface area contributed by atoms with Crippen molar-refractivity contribution in [2.24, 2.45) is 0 Å². The number of phenolic OH excluding ortho intramolecular Hbond substituents is 2. The van der Waals surface area contributed by atoms with E-state index in [1.165, 1.54) is 18.2 Å². The first-order chi connectivity index (χ1) is 8.11. The Bertz CT molecular complexity index is 603. The highest BCUT2D eigenvalue weighted by atomic mass is 79.9. The molecule has 2 N–H and O–H groups in total. The molecule has 90 valence electrons. The van der Waals surface area contributed by atoms with E-state index in [4.69, 9.17) is 4.42 Å². The van der Waals surface area contributed by atoms with Crippen LogP contribution < -0.4 is 5.63 Å². The average molecular weight is 299 g/mol. The number of halogens is 1. The summed E-state index contributed by atoms with van der Waals surface area (Å²) in [6, 6.07) is 4.09. The maximum Gasteiger partial charge on any atom is 0.336 e. The van der Waals surface area contributed by atoms with Crippen molar-refractivity contribution in [3.63, 3.8) is 0 Å². The van der Waals surface area contributed by atoms with E-state index in [-0.39, 0.29) is 17.1 Å². The summed E-state index contributed by atoms with van der Waals surface area (Å²) in [5, 5.41) is 20.3. The normalized spacial score (nSPS) is 10.9. The lowest BCUT2D eigenvalue weighted by Crippen LogP contribution is -2.01. The molecule has 0 amide bonds. The lowest BCUT2D eigenvalue weighted by atomic mass is 10.1. The van der Waals surface area contributed by atoms with E-state index in [1.807, 2.05) is 0 Å². The summed E-state index contributed by atoms with van der Waals surface area (Å²) in [5.74, 6) is -0.510. The van der Waals surface area contributed by atoms with Gasteiger partial charge in [-0.25, -0.2) is 4.79 Å². The maximum atomic E-state index is 11.3. The third kappa shape index (κ3) is 2.44. The molecule has 0 fully saturated rings. The van der Waals surface area contributed by atoms with Crippen LogP contribution in [0.5, 0.6) is 11.5 Å². The number of benzene rings is 1. The van der Waals surface area contributed by atoms with Crippen LogP contribution >= 0.6 is 15.9 Å². The van der Waals surface area contributed by atoms with Crippen molar-refractivity contribution >= 4 is 26.9 Å². The molecule has 0 saturated carbocycles. The topological polar surface area (TPSA) is 70.7 Å². The summed E-state index contributed by atoms with van der Waals surface area (Å²) >= 11 is 3.32. The fourth-order valence-corrected chi connectivity index (χ4v) is 2.00. The van der Waals surface area contributed by atoms with E-state index in [0.717, 1.165) is 17.3 Å². The zero-order chi connectivity index (χ0) is 12.4. The molecule has 5 heteroatoms. The van der Waals surface area contributed by atoms with E-state index < -0.39 is 5.63 Å². The molecular weight excluding hydrogens is 288 g/mol. The molecule has 1 aromatic carbocycles. The van der Waals surface area contributed by atoms with Gasteiger partial charge in [0.15, 0.2) is 11.5 Å². The molecule has 0 radical (unpaired) electrons. The second kappa shape index (κ2) is 4.79. The van der Waals surface area contributed by atoms with Crippen molar-refractivity contribution in [2.75, 3.05) is 5.33 Å². The first-order valence-electron chi connectivity index (χ1n) is 5.16. The van der Waals surface area contributed by atoms with Crippen molar-refractivity contribution in [1.29, 1.82) is 0 Å². The Kier molecular flexibility index (Phi) is 3.38. The molecule has 4 nitrogen and oxygen atoms in total. The number of aromatic hydroxyl groups is 2. The number of phenols is 2. The summed E-state index contributed by atoms with van der Waals surface area (Å²) < 4.78 is 4.98. The minimum Gasteiger partial charge on any atom is -0.504 e. The van der Waals surface area contributed by atoms with Crippen LogP contribution in [0.25, 0.3) is 11.0 Å². The smallest absolute Gasteiger partial charge is 0.336 e. The third-order valence-electron chi connectivity index (χ3n) is 2.51. The van der Waals surface area contributed by atoms with Crippen molar-refractivity contribution < 1.29 is 14.6 Å². The molecule has 0 spiro atoms. The van der Waals surface area contributed by atoms with Gasteiger partial charge in [0, 0.05) is 22.8 Å². The zero-order valence-electron chi connectivity index (χ0n) is 8.94. The van der Waals surface area contributed by atoms with E-state index in [1.54, 1.807) is 0 Å². The standard InChI is InChI=1S/C12H11BrO4/c13-3-1-2-7-4-12(16)17-11-6-10(15)9(14)5-8(7)11/h4-6,14-15H,1-3H2. The van der Waals surface area contributed by atoms with Gasteiger partial charge in [0.1, 0.15) is 5.58 Å². The number of alkyl halides is 1. The minimum absolute atomic E-state index is 0.216. The molecule has 1 aromatic heterocycles. The first kappa shape index (κ1) is 12.0. The second-order valence-corrected chi connectivity index (χ2v) is 4.51. The van der Waals surface area contributed by atoms with Gasteiger partial charge in [0.25, 0.3) is 0 Å². The molecule has 17 heavy (non-hydrogen) atoms. The van der Waals surface area contributed by atoms with Crippen LogP contribution in [0, 0.1) is 0 Å². The van der Waals surface area contributed by atoms with Crippen LogP contribution in [0.4, 0.5) is 0 Å². The summed E-state index contributed by atoms with van der Waals surface area (Å²) in [7, 11) is 0. The highest BCUT2D eigenvalue weighted by molar-refractivity contribution is 9.09. The molecule has 0 aliphatic heterocycles. The fraction of sp³-hybridized carbons (Fsp3) is 0.250. The predicted octanol–water partition coefficient (Wildman–Crippen LogP) is 2.53. The van der Waals surface area contributed by atoms with Gasteiger partial charge in [0.05, 0.1) is 0 Å². The van der Waals surface area contributed by atoms with Crippen LogP contribution in [0.15, 0.2) is 27.4 Å². The molecular formula is C12H11BrO4. The Morgan fingerprint density at radius 2 is 1.88 bits per heavy atom. The largest absolute Gasteiger partial charge is 0.504 e. The monoisotopic (exact) mass is 298 g/mol. The number of aryl methyl sites for hydroxylation is 1. The first-order valence-corrected chi connectivity index (χ1v) is 6.28. The zero-order valence-corrected chi connectivity index (χ0v) is 10.5. The highest BCUT2D eigenvalue weighted by Gasteiger charge is 2.09. The highest BCUT2D eigenvalue weighted by Crippen LogP contribution is 2.31. The Balaban J connectivity index is 2.65. The minimum atomic E-state index is -0.452. The number of hydrogen-bond donors (Lipinski definition) is 2.